The van der Waals surface area contributed by atoms with Gasteiger partial charge in [-0.3, -0.25) is 0 Å². The maximum absolute atomic E-state index is 10.5. The molecule has 0 saturated heterocycles. The average Bonchev–Trinajstić information content (AvgIpc) is 3.88. The molecule has 8 aromatic carbocycles. The van der Waals surface area contributed by atoms with Crippen molar-refractivity contribution >= 4 is 65.4 Å². The predicted octanol–water partition coefficient (Wildman–Crippen LogP) is 12.4. The summed E-state index contributed by atoms with van der Waals surface area (Å²) >= 11 is 0. The van der Waals surface area contributed by atoms with Gasteiger partial charge in [0.05, 0.1) is 62.1 Å². The molecule has 0 atom stereocenters. The van der Waals surface area contributed by atoms with Gasteiger partial charge in [0, 0.05) is 54.8 Å². The lowest BCUT2D eigenvalue weighted by Gasteiger charge is -2.17. The zero-order chi connectivity index (χ0) is 36.6. The van der Waals surface area contributed by atoms with Gasteiger partial charge in [-0.15, -0.1) is 0 Å². The molecule has 11 aromatic rings. The fourth-order valence-corrected chi connectivity index (χ4v) is 8.77. The highest BCUT2D eigenvalue weighted by Crippen LogP contribution is 2.40. The first-order chi connectivity index (χ1) is 27.2. The Balaban J connectivity index is 1.14. The number of fused-ring (bicyclic) bond motifs is 9. The van der Waals surface area contributed by atoms with Gasteiger partial charge in [-0.2, -0.15) is 10.5 Å². The third kappa shape index (κ3) is 4.45. The van der Waals surface area contributed by atoms with E-state index in [1.807, 2.05) is 48.5 Å². The zero-order valence-corrected chi connectivity index (χ0v) is 29.5. The lowest BCUT2D eigenvalue weighted by atomic mass is 9.97. The maximum atomic E-state index is 10.5. The van der Waals surface area contributed by atoms with Gasteiger partial charge in [0.2, 0.25) is 0 Å². The highest BCUT2D eigenvalue weighted by atomic mass is 15.0. The SMILES string of the molecule is N#Cc1ccc2c3ccccc3n(-c3ccccc3-c3cc(-n4c5ccccc5c5cc(-n6c7ccccc7c7ccccc76)ccc54)ccc3C#N)c2c1. The van der Waals surface area contributed by atoms with Crippen LogP contribution < -0.4 is 0 Å². The average molecular weight is 700 g/mol. The number of benzene rings is 8. The summed E-state index contributed by atoms with van der Waals surface area (Å²) in [6, 6.07) is 65.9. The monoisotopic (exact) mass is 699 g/mol. The molecule has 254 valence electrons. The second kappa shape index (κ2) is 11.8. The molecule has 0 bridgehead atoms. The Bertz CT molecular complexity index is 3420. The molecule has 5 nitrogen and oxygen atoms in total. The van der Waals surface area contributed by atoms with Crippen LogP contribution >= 0.6 is 0 Å². The molecule has 0 unspecified atom stereocenters. The lowest BCUT2D eigenvalue weighted by Crippen LogP contribution is -2.00. The number of hydrogen-bond acceptors (Lipinski definition) is 2. The van der Waals surface area contributed by atoms with Crippen molar-refractivity contribution in [2.75, 3.05) is 0 Å². The number of para-hydroxylation sites is 5. The quantitative estimate of drug-likeness (QED) is 0.184. The smallest absolute Gasteiger partial charge is 0.0998 e. The second-order valence-electron chi connectivity index (χ2n) is 14.0. The molecule has 3 aromatic heterocycles. The van der Waals surface area contributed by atoms with Crippen LogP contribution in [-0.2, 0) is 0 Å². The molecule has 0 amide bonds. The first-order valence-corrected chi connectivity index (χ1v) is 18.3. The van der Waals surface area contributed by atoms with E-state index >= 15 is 0 Å². The molecule has 0 radical (unpaired) electrons. The molecule has 0 aliphatic heterocycles. The minimum absolute atomic E-state index is 0.587. The molecular formula is C50H29N5. The molecule has 0 saturated carbocycles. The summed E-state index contributed by atoms with van der Waals surface area (Å²) in [4.78, 5) is 0. The highest BCUT2D eigenvalue weighted by Gasteiger charge is 2.20. The fraction of sp³-hybridized carbons (Fsp3) is 0. The van der Waals surface area contributed by atoms with Crippen LogP contribution in [0.2, 0.25) is 0 Å². The van der Waals surface area contributed by atoms with Crippen molar-refractivity contribution in [2.24, 2.45) is 0 Å². The van der Waals surface area contributed by atoms with Gasteiger partial charge in [0.1, 0.15) is 0 Å². The summed E-state index contributed by atoms with van der Waals surface area (Å²) in [6.07, 6.45) is 0. The van der Waals surface area contributed by atoms with Crippen molar-refractivity contribution in [1.82, 2.24) is 13.7 Å². The Kier molecular flexibility index (Phi) is 6.61. The second-order valence-corrected chi connectivity index (χ2v) is 14.0. The molecule has 55 heavy (non-hydrogen) atoms. The standard InChI is InChI=1S/C50H29N5/c51-30-32-21-25-41-38-13-3-9-19-47(38)55(50(41)27-32)48-20-10-4-14-39(48)42-28-34(23-22-33(42)31-52)54-46-18-8-5-15-40(46)43-29-35(24-26-49(43)54)53-44-16-6-1-11-36(44)37-12-2-7-17-45(37)53/h1-29H. The minimum Gasteiger partial charge on any atom is -0.309 e. The van der Waals surface area contributed by atoms with Crippen molar-refractivity contribution < 1.29 is 0 Å². The van der Waals surface area contributed by atoms with Crippen molar-refractivity contribution in [3.8, 4) is 40.3 Å². The van der Waals surface area contributed by atoms with Crippen molar-refractivity contribution in [1.29, 1.82) is 10.5 Å². The van der Waals surface area contributed by atoms with Gasteiger partial charge in [0.25, 0.3) is 0 Å². The first kappa shape index (κ1) is 30.7. The van der Waals surface area contributed by atoms with Gasteiger partial charge in [0.15, 0.2) is 0 Å². The van der Waals surface area contributed by atoms with Gasteiger partial charge < -0.3 is 13.7 Å². The van der Waals surface area contributed by atoms with E-state index in [1.54, 1.807) is 0 Å². The number of hydrogen-bond donors (Lipinski definition) is 0. The van der Waals surface area contributed by atoms with E-state index in [1.165, 1.54) is 21.8 Å². The highest BCUT2D eigenvalue weighted by molar-refractivity contribution is 6.13. The zero-order valence-electron chi connectivity index (χ0n) is 29.5. The Hall–Kier alpha value is -7.86. The van der Waals surface area contributed by atoms with Crippen LogP contribution in [0.5, 0.6) is 0 Å². The van der Waals surface area contributed by atoms with Crippen molar-refractivity contribution in [2.45, 2.75) is 0 Å². The number of nitrogens with zero attached hydrogens (tertiary/aromatic N) is 5. The summed E-state index contributed by atoms with van der Waals surface area (Å²) in [7, 11) is 0. The summed E-state index contributed by atoms with van der Waals surface area (Å²) in [5.41, 5.74) is 12.5. The topological polar surface area (TPSA) is 62.4 Å². The maximum Gasteiger partial charge on any atom is 0.0998 e. The van der Waals surface area contributed by atoms with Crippen LogP contribution in [0.1, 0.15) is 11.1 Å². The Morgan fingerprint density at radius 3 is 1.44 bits per heavy atom. The molecule has 0 aliphatic rings. The lowest BCUT2D eigenvalue weighted by molar-refractivity contribution is 1.16. The molecule has 0 fully saturated rings. The fourth-order valence-electron chi connectivity index (χ4n) is 8.77. The summed E-state index contributed by atoms with van der Waals surface area (Å²) in [5.74, 6) is 0. The van der Waals surface area contributed by atoms with Gasteiger partial charge in [-0.05, 0) is 78.9 Å². The molecule has 0 spiro atoms. The summed E-state index contributed by atoms with van der Waals surface area (Å²) < 4.78 is 6.90. The van der Waals surface area contributed by atoms with Gasteiger partial charge in [-0.1, -0.05) is 97.1 Å². The van der Waals surface area contributed by atoms with E-state index < -0.39 is 0 Å². The van der Waals surface area contributed by atoms with Crippen LogP contribution in [0.25, 0.3) is 93.6 Å². The Morgan fingerprint density at radius 1 is 0.327 bits per heavy atom. The van der Waals surface area contributed by atoms with Crippen molar-refractivity contribution in [3.05, 3.63) is 187 Å². The van der Waals surface area contributed by atoms with E-state index in [-0.39, 0.29) is 0 Å². The van der Waals surface area contributed by atoms with Gasteiger partial charge in [-0.25, -0.2) is 0 Å². The van der Waals surface area contributed by atoms with Crippen LogP contribution in [0, 0.1) is 22.7 Å². The number of rotatable bonds is 4. The molecule has 5 heteroatoms. The predicted molar refractivity (Wildman–Crippen MR) is 224 cm³/mol. The van der Waals surface area contributed by atoms with Crippen LogP contribution in [0.4, 0.5) is 0 Å². The van der Waals surface area contributed by atoms with E-state index in [2.05, 4.69) is 153 Å². The van der Waals surface area contributed by atoms with E-state index in [0.29, 0.717) is 11.1 Å². The van der Waals surface area contributed by atoms with Gasteiger partial charge >= 0.3 is 0 Å². The Labute approximate surface area is 316 Å². The minimum atomic E-state index is 0.587. The van der Waals surface area contributed by atoms with Crippen molar-refractivity contribution in [3.63, 3.8) is 0 Å². The third-order valence-electron chi connectivity index (χ3n) is 11.1. The van der Waals surface area contributed by atoms with E-state index in [9.17, 15) is 10.5 Å². The first-order valence-electron chi connectivity index (χ1n) is 18.3. The molecular weight excluding hydrogens is 671 g/mol. The normalized spacial score (nSPS) is 11.6. The molecule has 0 N–H and O–H groups in total. The van der Waals surface area contributed by atoms with Crippen LogP contribution in [-0.4, -0.2) is 13.7 Å². The largest absolute Gasteiger partial charge is 0.309 e. The summed E-state index contributed by atoms with van der Waals surface area (Å²) in [6.45, 7) is 0. The summed E-state index contributed by atoms with van der Waals surface area (Å²) in [5, 5.41) is 27.4. The van der Waals surface area contributed by atoms with Crippen LogP contribution in [0.3, 0.4) is 0 Å². The van der Waals surface area contributed by atoms with E-state index in [4.69, 9.17) is 0 Å². The van der Waals surface area contributed by atoms with Crippen LogP contribution in [0.15, 0.2) is 176 Å². The number of aromatic nitrogens is 3. The third-order valence-corrected chi connectivity index (χ3v) is 11.1. The number of nitriles is 2. The molecule has 0 aliphatic carbocycles. The molecule has 11 rings (SSSR count). The molecule has 3 heterocycles. The van der Waals surface area contributed by atoms with E-state index in [0.717, 1.165) is 71.8 Å². The Morgan fingerprint density at radius 2 is 0.818 bits per heavy atom.